The van der Waals surface area contributed by atoms with Gasteiger partial charge in [-0.2, -0.15) is 0 Å². The Morgan fingerprint density at radius 1 is 1.35 bits per heavy atom. The van der Waals surface area contributed by atoms with Gasteiger partial charge < -0.3 is 5.32 Å². The molecule has 0 saturated carbocycles. The van der Waals surface area contributed by atoms with Crippen LogP contribution in [0.3, 0.4) is 0 Å². The molecule has 0 bridgehead atoms. The van der Waals surface area contributed by atoms with Gasteiger partial charge in [-0.25, -0.2) is 12.7 Å². The zero-order valence-electron chi connectivity index (χ0n) is 12.3. The molecule has 112 valence electrons. The van der Waals surface area contributed by atoms with E-state index in [0.717, 1.165) is 25.9 Å². The molecule has 0 heterocycles. The monoisotopic (exact) mass is 296 g/mol. The van der Waals surface area contributed by atoms with Gasteiger partial charge in [-0.1, -0.05) is 31.2 Å². The van der Waals surface area contributed by atoms with Gasteiger partial charge in [0.25, 0.3) is 0 Å². The van der Waals surface area contributed by atoms with Crippen molar-refractivity contribution in [2.45, 2.75) is 25.7 Å². The molecule has 1 aliphatic carbocycles. The third kappa shape index (κ3) is 3.81. The highest BCUT2D eigenvalue weighted by atomic mass is 32.2. The van der Waals surface area contributed by atoms with Gasteiger partial charge in [0.1, 0.15) is 0 Å². The van der Waals surface area contributed by atoms with Crippen molar-refractivity contribution in [3.05, 3.63) is 35.4 Å². The third-order valence-electron chi connectivity index (χ3n) is 3.93. The van der Waals surface area contributed by atoms with E-state index in [0.29, 0.717) is 19.0 Å². The molecule has 1 atom stereocenters. The molecule has 0 fully saturated rings. The molecule has 1 aliphatic rings. The van der Waals surface area contributed by atoms with Gasteiger partial charge in [-0.3, -0.25) is 0 Å². The Morgan fingerprint density at radius 2 is 2.10 bits per heavy atom. The van der Waals surface area contributed by atoms with Crippen LogP contribution in [0.1, 0.15) is 30.4 Å². The summed E-state index contributed by atoms with van der Waals surface area (Å²) in [6.45, 7) is 4.88. The van der Waals surface area contributed by atoms with Crippen LogP contribution in [-0.2, 0) is 16.4 Å². The molecule has 0 aromatic heterocycles. The highest BCUT2D eigenvalue weighted by molar-refractivity contribution is 7.88. The van der Waals surface area contributed by atoms with Crippen LogP contribution in [0.4, 0.5) is 0 Å². The zero-order chi connectivity index (χ0) is 14.6. The lowest BCUT2D eigenvalue weighted by atomic mass is 9.77. The van der Waals surface area contributed by atoms with E-state index < -0.39 is 10.0 Å². The topological polar surface area (TPSA) is 49.4 Å². The molecule has 0 saturated heterocycles. The van der Waals surface area contributed by atoms with Crippen LogP contribution in [0.15, 0.2) is 24.3 Å². The summed E-state index contributed by atoms with van der Waals surface area (Å²) in [6, 6.07) is 8.58. The van der Waals surface area contributed by atoms with Gasteiger partial charge in [0, 0.05) is 25.6 Å². The minimum Gasteiger partial charge on any atom is -0.316 e. The van der Waals surface area contributed by atoms with E-state index in [1.54, 1.807) is 0 Å². The second-order valence-electron chi connectivity index (χ2n) is 5.41. The molecule has 0 spiro atoms. The number of nitrogens with zero attached hydrogens (tertiary/aromatic N) is 1. The minimum atomic E-state index is -3.05. The normalized spacial score (nSPS) is 17.9. The van der Waals surface area contributed by atoms with Crippen molar-refractivity contribution in [1.29, 1.82) is 0 Å². The van der Waals surface area contributed by atoms with Crippen LogP contribution in [0.25, 0.3) is 0 Å². The number of benzene rings is 1. The van der Waals surface area contributed by atoms with E-state index in [1.807, 2.05) is 6.92 Å². The highest BCUT2D eigenvalue weighted by Gasteiger charge is 2.24. The maximum atomic E-state index is 11.4. The largest absolute Gasteiger partial charge is 0.316 e. The molecule has 1 N–H and O–H groups in total. The Labute approximate surface area is 122 Å². The summed E-state index contributed by atoms with van der Waals surface area (Å²) in [6.07, 6.45) is 3.29. The molecule has 4 nitrogen and oxygen atoms in total. The Balaban J connectivity index is 1.64. The van der Waals surface area contributed by atoms with E-state index in [1.165, 1.54) is 21.7 Å². The predicted octanol–water partition coefficient (Wildman–Crippen LogP) is 1.59. The lowest BCUT2D eigenvalue weighted by Crippen LogP contribution is -2.34. The minimum absolute atomic E-state index is 0.550. The van der Waals surface area contributed by atoms with Gasteiger partial charge in [0.15, 0.2) is 0 Å². The Morgan fingerprint density at radius 3 is 2.75 bits per heavy atom. The number of nitrogens with one attached hydrogen (secondary N) is 1. The Bertz CT molecular complexity index is 543. The molecule has 1 aromatic rings. The van der Waals surface area contributed by atoms with E-state index >= 15 is 0 Å². The number of hydrogen-bond donors (Lipinski definition) is 1. The molecule has 0 aliphatic heterocycles. The first-order valence-corrected chi connectivity index (χ1v) is 9.11. The molecule has 0 radical (unpaired) electrons. The van der Waals surface area contributed by atoms with Gasteiger partial charge >= 0.3 is 0 Å². The molecular weight excluding hydrogens is 272 g/mol. The molecule has 5 heteroatoms. The van der Waals surface area contributed by atoms with Crippen LogP contribution in [0.2, 0.25) is 0 Å². The Kier molecular flexibility index (Phi) is 5.18. The average Bonchev–Trinajstić information content (AvgIpc) is 2.37. The lowest BCUT2D eigenvalue weighted by Gasteiger charge is -2.30. The van der Waals surface area contributed by atoms with Crippen LogP contribution < -0.4 is 5.32 Å². The van der Waals surface area contributed by atoms with Crippen LogP contribution in [0, 0.1) is 0 Å². The first kappa shape index (κ1) is 15.5. The number of hydrogen-bond acceptors (Lipinski definition) is 3. The lowest BCUT2D eigenvalue weighted by molar-refractivity contribution is 0.415. The highest BCUT2D eigenvalue weighted by Crippen LogP contribution is 2.33. The molecule has 20 heavy (non-hydrogen) atoms. The second-order valence-corrected chi connectivity index (χ2v) is 7.39. The molecule has 2 rings (SSSR count). The number of rotatable bonds is 8. The summed E-state index contributed by atoms with van der Waals surface area (Å²) in [5.41, 5.74) is 2.93. The van der Waals surface area contributed by atoms with Crippen LogP contribution in [-0.4, -0.2) is 45.2 Å². The van der Waals surface area contributed by atoms with Crippen molar-refractivity contribution in [2.24, 2.45) is 0 Å². The summed E-state index contributed by atoms with van der Waals surface area (Å²) < 4.78 is 24.4. The first-order valence-electron chi connectivity index (χ1n) is 7.26. The zero-order valence-corrected chi connectivity index (χ0v) is 13.1. The van der Waals surface area contributed by atoms with Crippen molar-refractivity contribution in [3.8, 4) is 0 Å². The maximum Gasteiger partial charge on any atom is 0.211 e. The Hall–Kier alpha value is -0.910. The fourth-order valence-corrected chi connectivity index (χ4v) is 3.69. The van der Waals surface area contributed by atoms with E-state index in [-0.39, 0.29) is 0 Å². The smallest absolute Gasteiger partial charge is 0.211 e. The quantitative estimate of drug-likeness (QED) is 0.741. The molecular formula is C15H24N2O2S. The number of fused-ring (bicyclic) bond motifs is 1. The van der Waals surface area contributed by atoms with Gasteiger partial charge in [-0.15, -0.1) is 0 Å². The van der Waals surface area contributed by atoms with E-state index in [2.05, 4.69) is 29.6 Å². The van der Waals surface area contributed by atoms with Crippen molar-refractivity contribution < 1.29 is 8.42 Å². The molecule has 0 amide bonds. The second kappa shape index (κ2) is 6.70. The summed E-state index contributed by atoms with van der Waals surface area (Å²) in [4.78, 5) is 0. The first-order chi connectivity index (χ1) is 9.52. The number of sulfonamides is 1. The average molecular weight is 296 g/mol. The summed E-state index contributed by atoms with van der Waals surface area (Å²) in [5, 5.41) is 3.44. The van der Waals surface area contributed by atoms with E-state index in [4.69, 9.17) is 0 Å². The SMILES string of the molecule is CCN(CCCNCC1Cc2ccccc21)S(C)(=O)=O. The third-order valence-corrected chi connectivity index (χ3v) is 5.31. The standard InChI is InChI=1S/C15H24N2O2S/c1-3-17(20(2,18)19)10-6-9-16-12-14-11-13-7-4-5-8-15(13)14/h4-5,7-8,14,16H,3,6,9-12H2,1-2H3. The fraction of sp³-hybridized carbons (Fsp3) is 0.600. The summed E-state index contributed by atoms with van der Waals surface area (Å²) in [5.74, 6) is 0.628. The van der Waals surface area contributed by atoms with Crippen molar-refractivity contribution in [2.75, 3.05) is 32.4 Å². The maximum absolute atomic E-state index is 11.4. The van der Waals surface area contributed by atoms with Gasteiger partial charge in [0.2, 0.25) is 10.0 Å². The molecule has 1 aromatic carbocycles. The fourth-order valence-electron chi connectivity index (χ4n) is 2.76. The van der Waals surface area contributed by atoms with Gasteiger partial charge in [-0.05, 0) is 30.5 Å². The molecule has 1 unspecified atom stereocenters. The summed E-state index contributed by atoms with van der Waals surface area (Å²) >= 11 is 0. The van der Waals surface area contributed by atoms with Crippen LogP contribution in [0.5, 0.6) is 0 Å². The van der Waals surface area contributed by atoms with E-state index in [9.17, 15) is 8.42 Å². The van der Waals surface area contributed by atoms with Crippen LogP contribution >= 0.6 is 0 Å². The van der Waals surface area contributed by atoms with Gasteiger partial charge in [0.05, 0.1) is 6.26 Å². The van der Waals surface area contributed by atoms with Crippen molar-refractivity contribution >= 4 is 10.0 Å². The van der Waals surface area contributed by atoms with Crippen molar-refractivity contribution in [1.82, 2.24) is 9.62 Å². The summed E-state index contributed by atoms with van der Waals surface area (Å²) in [7, 11) is -3.05. The van der Waals surface area contributed by atoms with Crippen molar-refractivity contribution in [3.63, 3.8) is 0 Å². The predicted molar refractivity (Wildman–Crippen MR) is 82.5 cm³/mol.